The summed E-state index contributed by atoms with van der Waals surface area (Å²) in [5.74, 6) is -0.428. The third-order valence-corrected chi connectivity index (χ3v) is 4.70. The molecule has 2 amide bonds. The first kappa shape index (κ1) is 18.0. The van der Waals surface area contributed by atoms with Gasteiger partial charge < -0.3 is 9.84 Å². The van der Waals surface area contributed by atoms with E-state index in [1.807, 2.05) is 31.2 Å². The van der Waals surface area contributed by atoms with Crippen molar-refractivity contribution in [3.63, 3.8) is 0 Å². The van der Waals surface area contributed by atoms with Crippen molar-refractivity contribution in [3.05, 3.63) is 52.8 Å². The highest BCUT2D eigenvalue weighted by molar-refractivity contribution is 6.06. The Morgan fingerprint density at radius 2 is 1.89 bits per heavy atom. The molecule has 28 heavy (non-hydrogen) atoms. The monoisotopic (exact) mass is 379 g/mol. The zero-order chi connectivity index (χ0) is 19.7. The minimum absolute atomic E-state index is 0.0364. The molecular weight excluding hydrogens is 358 g/mol. The predicted octanol–water partition coefficient (Wildman–Crippen LogP) is 2.59. The summed E-state index contributed by atoms with van der Waals surface area (Å²) >= 11 is 0. The van der Waals surface area contributed by atoms with Crippen LogP contribution in [0.1, 0.15) is 46.1 Å². The maximum Gasteiger partial charge on any atom is 0.270 e. The van der Waals surface area contributed by atoms with Gasteiger partial charge in [-0.1, -0.05) is 22.9 Å². The van der Waals surface area contributed by atoms with Gasteiger partial charge in [-0.2, -0.15) is 0 Å². The maximum absolute atomic E-state index is 12.7. The second-order valence-electron chi connectivity index (χ2n) is 7.04. The number of hydrogen-bond acceptors (Lipinski definition) is 6. The fourth-order valence-corrected chi connectivity index (χ4v) is 2.97. The number of anilines is 1. The number of nitrogens with zero attached hydrogens (tertiary/aromatic N) is 2. The third-order valence-electron chi connectivity index (χ3n) is 4.70. The Kier molecular flexibility index (Phi) is 4.68. The van der Waals surface area contributed by atoms with E-state index in [0.717, 1.165) is 29.8 Å². The molecule has 2 heterocycles. The van der Waals surface area contributed by atoms with Gasteiger partial charge in [-0.3, -0.25) is 20.4 Å². The van der Waals surface area contributed by atoms with E-state index in [9.17, 15) is 9.59 Å². The van der Waals surface area contributed by atoms with Gasteiger partial charge in [0.2, 0.25) is 0 Å². The van der Waals surface area contributed by atoms with Gasteiger partial charge in [0.25, 0.3) is 17.5 Å². The van der Waals surface area contributed by atoms with E-state index in [4.69, 9.17) is 4.52 Å². The van der Waals surface area contributed by atoms with Crippen LogP contribution in [0.25, 0.3) is 11.1 Å². The van der Waals surface area contributed by atoms with Crippen LogP contribution in [-0.2, 0) is 4.79 Å². The topological polar surface area (TPSA) is 109 Å². The summed E-state index contributed by atoms with van der Waals surface area (Å²) in [4.78, 5) is 29.2. The van der Waals surface area contributed by atoms with Crippen molar-refractivity contribution in [3.8, 4) is 0 Å². The minimum Gasteiger partial charge on any atom is -0.376 e. The van der Waals surface area contributed by atoms with Crippen molar-refractivity contribution in [1.82, 2.24) is 21.0 Å². The summed E-state index contributed by atoms with van der Waals surface area (Å²) in [7, 11) is 0. The molecule has 2 aromatic heterocycles. The smallest absolute Gasteiger partial charge is 0.270 e. The lowest BCUT2D eigenvalue weighted by Crippen LogP contribution is -2.44. The van der Waals surface area contributed by atoms with Crippen LogP contribution in [0.15, 0.2) is 34.9 Å². The standard InChI is InChI=1S/C20H21N5O3/c1-11-3-7-14(8-4-11)21-10-17(26)23-24-19(27)15-9-16(13-5-6-13)22-20-18(15)12(2)25-28-20/h3-4,7-9,13,21H,5-6,10H2,1-2H3,(H,23,26)(H,24,27). The average Bonchev–Trinajstić information content (AvgIpc) is 3.48. The molecule has 0 spiro atoms. The molecule has 1 aromatic carbocycles. The molecule has 0 atom stereocenters. The molecule has 1 aliphatic rings. The van der Waals surface area contributed by atoms with Crippen molar-refractivity contribution >= 4 is 28.6 Å². The van der Waals surface area contributed by atoms with E-state index < -0.39 is 5.91 Å². The highest BCUT2D eigenvalue weighted by Gasteiger charge is 2.28. The molecule has 0 bridgehead atoms. The predicted molar refractivity (Wildman–Crippen MR) is 104 cm³/mol. The molecule has 4 rings (SSSR count). The van der Waals surface area contributed by atoms with Gasteiger partial charge in [0, 0.05) is 17.3 Å². The Hall–Kier alpha value is -3.42. The Balaban J connectivity index is 1.41. The minimum atomic E-state index is -0.427. The Labute approximate surface area is 161 Å². The fraction of sp³-hybridized carbons (Fsp3) is 0.300. The molecule has 3 N–H and O–H groups in total. The summed E-state index contributed by atoms with van der Waals surface area (Å²) in [5.41, 5.74) is 9.02. The van der Waals surface area contributed by atoms with Crippen molar-refractivity contribution in [2.24, 2.45) is 0 Å². The summed E-state index contributed by atoms with van der Waals surface area (Å²) < 4.78 is 5.24. The van der Waals surface area contributed by atoms with Crippen LogP contribution in [0.3, 0.4) is 0 Å². The number of rotatable bonds is 5. The lowest BCUT2D eigenvalue weighted by molar-refractivity contribution is -0.120. The number of aryl methyl sites for hydroxylation is 2. The van der Waals surface area contributed by atoms with Gasteiger partial charge in [-0.05, 0) is 44.9 Å². The number of aromatic nitrogens is 2. The maximum atomic E-state index is 12.7. The Morgan fingerprint density at radius 1 is 1.14 bits per heavy atom. The molecule has 1 aliphatic carbocycles. The van der Waals surface area contributed by atoms with Gasteiger partial charge in [0.1, 0.15) is 0 Å². The zero-order valence-corrected chi connectivity index (χ0v) is 15.7. The molecule has 8 nitrogen and oxygen atoms in total. The largest absolute Gasteiger partial charge is 0.376 e. The second-order valence-corrected chi connectivity index (χ2v) is 7.04. The molecule has 0 aliphatic heterocycles. The quantitative estimate of drug-likeness (QED) is 0.588. The van der Waals surface area contributed by atoms with Crippen LogP contribution >= 0.6 is 0 Å². The van der Waals surface area contributed by atoms with Gasteiger partial charge in [0.05, 0.1) is 23.2 Å². The summed E-state index contributed by atoms with van der Waals surface area (Å²) in [6, 6.07) is 9.45. The van der Waals surface area contributed by atoms with Crippen molar-refractivity contribution in [2.45, 2.75) is 32.6 Å². The van der Waals surface area contributed by atoms with Crippen LogP contribution < -0.4 is 16.2 Å². The first-order valence-electron chi connectivity index (χ1n) is 9.18. The summed E-state index contributed by atoms with van der Waals surface area (Å²) in [6.07, 6.45) is 2.10. The van der Waals surface area contributed by atoms with E-state index in [1.54, 1.807) is 13.0 Å². The molecular formula is C20H21N5O3. The van der Waals surface area contributed by atoms with Crippen LogP contribution in [0.4, 0.5) is 5.69 Å². The summed E-state index contributed by atoms with van der Waals surface area (Å²) in [6.45, 7) is 3.79. The molecule has 1 saturated carbocycles. The van der Waals surface area contributed by atoms with Crippen LogP contribution in [0, 0.1) is 13.8 Å². The number of benzene rings is 1. The molecule has 3 aromatic rings. The van der Waals surface area contributed by atoms with Crippen LogP contribution in [0.2, 0.25) is 0 Å². The molecule has 0 unspecified atom stereocenters. The number of pyridine rings is 1. The first-order chi connectivity index (χ1) is 13.5. The van der Waals surface area contributed by atoms with Crippen LogP contribution in [-0.4, -0.2) is 28.5 Å². The van der Waals surface area contributed by atoms with Gasteiger partial charge in [0.15, 0.2) is 0 Å². The van der Waals surface area contributed by atoms with Crippen molar-refractivity contribution in [1.29, 1.82) is 0 Å². The number of hydrogen-bond donors (Lipinski definition) is 3. The molecule has 144 valence electrons. The van der Waals surface area contributed by atoms with E-state index in [0.29, 0.717) is 28.3 Å². The fourth-order valence-electron chi connectivity index (χ4n) is 2.97. The Morgan fingerprint density at radius 3 is 2.61 bits per heavy atom. The highest BCUT2D eigenvalue weighted by Crippen LogP contribution is 2.40. The molecule has 1 fully saturated rings. The second kappa shape index (κ2) is 7.30. The van der Waals surface area contributed by atoms with E-state index in [-0.39, 0.29) is 12.5 Å². The number of carbonyl (C=O) groups is 2. The van der Waals surface area contributed by atoms with Gasteiger partial charge >= 0.3 is 0 Å². The number of fused-ring (bicyclic) bond motifs is 1. The van der Waals surface area contributed by atoms with E-state index >= 15 is 0 Å². The number of hydrazine groups is 1. The van der Waals surface area contributed by atoms with Gasteiger partial charge in [-0.15, -0.1) is 0 Å². The molecule has 0 saturated heterocycles. The zero-order valence-electron chi connectivity index (χ0n) is 15.7. The lowest BCUT2D eigenvalue weighted by atomic mass is 10.1. The Bertz CT molecular complexity index is 1040. The number of amides is 2. The van der Waals surface area contributed by atoms with E-state index in [2.05, 4.69) is 26.3 Å². The van der Waals surface area contributed by atoms with E-state index in [1.165, 1.54) is 0 Å². The van der Waals surface area contributed by atoms with Crippen molar-refractivity contribution in [2.75, 3.05) is 11.9 Å². The SMILES string of the molecule is Cc1ccc(NCC(=O)NNC(=O)c2cc(C3CC3)nc3onc(C)c23)cc1. The molecule has 8 heteroatoms. The summed E-state index contributed by atoms with van der Waals surface area (Å²) in [5, 5.41) is 7.48. The molecule has 0 radical (unpaired) electrons. The number of carbonyl (C=O) groups excluding carboxylic acids is 2. The third kappa shape index (κ3) is 3.80. The first-order valence-corrected chi connectivity index (χ1v) is 9.18. The van der Waals surface area contributed by atoms with Gasteiger partial charge in [-0.25, -0.2) is 4.98 Å². The van der Waals surface area contributed by atoms with Crippen molar-refractivity contribution < 1.29 is 14.1 Å². The average molecular weight is 379 g/mol. The number of nitrogens with one attached hydrogen (secondary N) is 3. The lowest BCUT2D eigenvalue weighted by Gasteiger charge is -2.10. The normalized spacial score (nSPS) is 13.4. The highest BCUT2D eigenvalue weighted by atomic mass is 16.5. The van der Waals surface area contributed by atoms with Crippen LogP contribution in [0.5, 0.6) is 0 Å².